The molecule has 5 rings (SSSR count). The zero-order valence-electron chi connectivity index (χ0n) is 19.6. The minimum atomic E-state index is -0.0484. The van der Waals surface area contributed by atoms with Crippen molar-refractivity contribution >= 4 is 5.91 Å². The van der Waals surface area contributed by atoms with Gasteiger partial charge in [-0.15, -0.1) is 0 Å². The molecule has 0 saturated heterocycles. The first-order chi connectivity index (χ1) is 16.6. The summed E-state index contributed by atoms with van der Waals surface area (Å²) in [5.74, 6) is 0.720. The largest absolute Gasteiger partial charge is 0.356 e. The Kier molecular flexibility index (Phi) is 6.27. The van der Waals surface area contributed by atoms with Gasteiger partial charge < -0.3 is 14.7 Å². The number of rotatable bonds is 7. The van der Waals surface area contributed by atoms with Gasteiger partial charge in [0.15, 0.2) is 11.5 Å². The lowest BCUT2D eigenvalue weighted by molar-refractivity contribution is 0.0820. The predicted molar refractivity (Wildman–Crippen MR) is 130 cm³/mol. The summed E-state index contributed by atoms with van der Waals surface area (Å²) < 4.78 is 7.55. The van der Waals surface area contributed by atoms with E-state index in [-0.39, 0.29) is 11.9 Å². The van der Waals surface area contributed by atoms with E-state index in [9.17, 15) is 4.79 Å². The highest BCUT2D eigenvalue weighted by Gasteiger charge is 2.30. The monoisotopic (exact) mass is 455 g/mol. The van der Waals surface area contributed by atoms with E-state index in [0.717, 1.165) is 41.8 Å². The maximum atomic E-state index is 12.9. The van der Waals surface area contributed by atoms with Crippen molar-refractivity contribution in [2.24, 2.45) is 0 Å². The Morgan fingerprint density at radius 1 is 1.12 bits per heavy atom. The highest BCUT2D eigenvalue weighted by molar-refractivity contribution is 5.93. The second-order valence-corrected chi connectivity index (χ2v) is 8.99. The van der Waals surface area contributed by atoms with Crippen LogP contribution in [0.1, 0.15) is 39.4 Å². The zero-order valence-corrected chi connectivity index (χ0v) is 19.6. The number of nitrogens with zero attached hydrogens (tertiary/aromatic N) is 4. The Hall–Kier alpha value is -3.71. The molecule has 1 atom stereocenters. The SMILES string of the molecule is CN(C)C(=O)c1nn(Cc2ccccc2)c2c1CC(NCc1cc(-c3ccccc3)on1)CC2. The van der Waals surface area contributed by atoms with Gasteiger partial charge >= 0.3 is 0 Å². The molecule has 2 heterocycles. The molecule has 1 aliphatic carbocycles. The number of amides is 1. The van der Waals surface area contributed by atoms with Crippen molar-refractivity contribution in [1.82, 2.24) is 25.2 Å². The Morgan fingerprint density at radius 3 is 2.59 bits per heavy atom. The molecule has 0 spiro atoms. The van der Waals surface area contributed by atoms with Crippen LogP contribution in [0.3, 0.4) is 0 Å². The number of nitrogens with one attached hydrogen (secondary N) is 1. The minimum Gasteiger partial charge on any atom is -0.356 e. The van der Waals surface area contributed by atoms with Crippen LogP contribution >= 0.6 is 0 Å². The fourth-order valence-corrected chi connectivity index (χ4v) is 4.52. The highest BCUT2D eigenvalue weighted by Crippen LogP contribution is 2.27. The van der Waals surface area contributed by atoms with E-state index in [4.69, 9.17) is 9.62 Å². The molecule has 4 aromatic rings. The lowest BCUT2D eigenvalue weighted by Crippen LogP contribution is -2.35. The number of hydrogen-bond acceptors (Lipinski definition) is 5. The van der Waals surface area contributed by atoms with Crippen molar-refractivity contribution in [2.45, 2.75) is 38.4 Å². The van der Waals surface area contributed by atoms with Gasteiger partial charge in [-0.05, 0) is 24.8 Å². The van der Waals surface area contributed by atoms with Gasteiger partial charge in [0.2, 0.25) is 0 Å². The van der Waals surface area contributed by atoms with E-state index in [1.807, 2.05) is 59.3 Å². The molecule has 34 heavy (non-hydrogen) atoms. The molecular weight excluding hydrogens is 426 g/mol. The number of fused-ring (bicyclic) bond motifs is 1. The van der Waals surface area contributed by atoms with Gasteiger partial charge in [0.25, 0.3) is 5.91 Å². The number of carbonyl (C=O) groups excluding carboxylic acids is 1. The third kappa shape index (κ3) is 4.65. The Bertz CT molecular complexity index is 1260. The van der Waals surface area contributed by atoms with E-state index in [0.29, 0.717) is 18.8 Å². The molecule has 1 N–H and O–H groups in total. The third-order valence-corrected chi connectivity index (χ3v) is 6.32. The standard InChI is InChI=1S/C27H29N5O2/c1-31(2)27(33)26-23-15-21(13-14-24(23)32(29-26)18-19-9-5-3-6-10-19)28-17-22-16-25(34-30-22)20-11-7-4-8-12-20/h3-12,16,21,28H,13-15,17-18H2,1-2H3. The normalized spacial score (nSPS) is 15.2. The molecule has 7 heteroatoms. The molecule has 1 aliphatic rings. The van der Waals surface area contributed by atoms with Crippen LogP contribution in [-0.2, 0) is 25.9 Å². The molecular formula is C27H29N5O2. The average Bonchev–Trinajstić information content (AvgIpc) is 3.48. The van der Waals surface area contributed by atoms with Crippen molar-refractivity contribution in [1.29, 1.82) is 0 Å². The van der Waals surface area contributed by atoms with Crippen LogP contribution in [0.15, 0.2) is 71.3 Å². The summed E-state index contributed by atoms with van der Waals surface area (Å²) in [7, 11) is 3.55. The fourth-order valence-electron chi connectivity index (χ4n) is 4.52. The first-order valence-electron chi connectivity index (χ1n) is 11.7. The minimum absolute atomic E-state index is 0.0484. The van der Waals surface area contributed by atoms with Gasteiger partial charge in [0.1, 0.15) is 0 Å². The van der Waals surface area contributed by atoms with Crippen LogP contribution in [0.4, 0.5) is 0 Å². The summed E-state index contributed by atoms with van der Waals surface area (Å²) >= 11 is 0. The van der Waals surface area contributed by atoms with Crippen molar-refractivity contribution < 1.29 is 9.32 Å². The summed E-state index contributed by atoms with van der Waals surface area (Å²) in [5.41, 5.74) is 5.85. The molecule has 0 bridgehead atoms. The fraction of sp³-hybridized carbons (Fsp3) is 0.296. The molecule has 1 amide bonds. The van der Waals surface area contributed by atoms with Crippen LogP contribution in [0, 0.1) is 0 Å². The molecule has 0 saturated carbocycles. The van der Waals surface area contributed by atoms with Gasteiger partial charge in [-0.3, -0.25) is 9.48 Å². The summed E-state index contributed by atoms with van der Waals surface area (Å²) in [4.78, 5) is 14.5. The van der Waals surface area contributed by atoms with Crippen molar-refractivity contribution in [3.63, 3.8) is 0 Å². The Balaban J connectivity index is 1.31. The second-order valence-electron chi connectivity index (χ2n) is 8.99. The second kappa shape index (κ2) is 9.65. The molecule has 1 unspecified atom stereocenters. The van der Waals surface area contributed by atoms with E-state index < -0.39 is 0 Å². The highest BCUT2D eigenvalue weighted by atomic mass is 16.5. The molecule has 0 aliphatic heterocycles. The van der Waals surface area contributed by atoms with Crippen LogP contribution in [-0.4, -0.2) is 45.9 Å². The van der Waals surface area contributed by atoms with E-state index >= 15 is 0 Å². The number of carbonyl (C=O) groups is 1. The van der Waals surface area contributed by atoms with Gasteiger partial charge in [0.05, 0.1) is 12.2 Å². The smallest absolute Gasteiger partial charge is 0.274 e. The maximum Gasteiger partial charge on any atom is 0.274 e. The first-order valence-corrected chi connectivity index (χ1v) is 11.7. The Morgan fingerprint density at radius 2 is 1.85 bits per heavy atom. The van der Waals surface area contributed by atoms with Gasteiger partial charge in [0, 0.05) is 49.6 Å². The molecule has 0 fully saturated rings. The van der Waals surface area contributed by atoms with Gasteiger partial charge in [-0.2, -0.15) is 5.10 Å². The van der Waals surface area contributed by atoms with Crippen molar-refractivity contribution in [2.75, 3.05) is 14.1 Å². The summed E-state index contributed by atoms with van der Waals surface area (Å²) in [5, 5.41) is 12.6. The Labute approximate surface area is 199 Å². The lowest BCUT2D eigenvalue weighted by Gasteiger charge is -2.24. The summed E-state index contributed by atoms with van der Waals surface area (Å²) in [6, 6.07) is 22.5. The van der Waals surface area contributed by atoms with Crippen LogP contribution in [0.5, 0.6) is 0 Å². The molecule has 0 radical (unpaired) electrons. The summed E-state index contributed by atoms with van der Waals surface area (Å²) in [6.45, 7) is 1.29. The molecule has 2 aromatic carbocycles. The maximum absolute atomic E-state index is 12.9. The van der Waals surface area contributed by atoms with E-state index in [1.165, 1.54) is 11.3 Å². The van der Waals surface area contributed by atoms with Crippen molar-refractivity contribution in [3.05, 3.63) is 94.9 Å². The van der Waals surface area contributed by atoms with Gasteiger partial charge in [-0.25, -0.2) is 0 Å². The summed E-state index contributed by atoms with van der Waals surface area (Å²) in [6.07, 6.45) is 2.62. The van der Waals surface area contributed by atoms with E-state index in [1.54, 1.807) is 19.0 Å². The van der Waals surface area contributed by atoms with Crippen LogP contribution < -0.4 is 5.32 Å². The first kappa shape index (κ1) is 22.1. The topological polar surface area (TPSA) is 76.2 Å². The zero-order chi connectivity index (χ0) is 23.5. The lowest BCUT2D eigenvalue weighted by atomic mass is 9.91. The molecule has 174 valence electrons. The van der Waals surface area contributed by atoms with Crippen LogP contribution in [0.2, 0.25) is 0 Å². The van der Waals surface area contributed by atoms with Crippen molar-refractivity contribution in [3.8, 4) is 11.3 Å². The molecule has 2 aromatic heterocycles. The van der Waals surface area contributed by atoms with Gasteiger partial charge in [-0.1, -0.05) is 65.8 Å². The van der Waals surface area contributed by atoms with Crippen LogP contribution in [0.25, 0.3) is 11.3 Å². The molecule has 7 nitrogen and oxygen atoms in total. The number of benzene rings is 2. The third-order valence-electron chi connectivity index (χ3n) is 6.32. The predicted octanol–water partition coefficient (Wildman–Crippen LogP) is 3.94. The average molecular weight is 456 g/mol. The quantitative estimate of drug-likeness (QED) is 0.457. The number of hydrogen-bond donors (Lipinski definition) is 1. The number of aromatic nitrogens is 3. The van der Waals surface area contributed by atoms with E-state index in [2.05, 4.69) is 22.6 Å².